The summed E-state index contributed by atoms with van der Waals surface area (Å²) in [5.74, 6) is -1.96. The predicted octanol–water partition coefficient (Wildman–Crippen LogP) is 2.58. The molecule has 0 aliphatic rings. The Morgan fingerprint density at radius 1 is 1.47 bits per heavy atom. The fraction of sp³-hybridized carbons (Fsp3) is 0.231. The lowest BCUT2D eigenvalue weighted by molar-refractivity contribution is 0.0692. The third kappa shape index (κ3) is 3.59. The number of nitrogens with zero attached hydrogens (tertiary/aromatic N) is 1. The summed E-state index contributed by atoms with van der Waals surface area (Å²) < 4.78 is 13.4. The van der Waals surface area contributed by atoms with E-state index < -0.39 is 11.8 Å². The van der Waals surface area contributed by atoms with Gasteiger partial charge in [-0.2, -0.15) is 0 Å². The first-order chi connectivity index (χ1) is 9.06. The lowest BCUT2D eigenvalue weighted by atomic mass is 10.1. The van der Waals surface area contributed by atoms with Crippen LogP contribution in [0.15, 0.2) is 24.4 Å². The molecule has 0 radical (unpaired) electrons. The van der Waals surface area contributed by atoms with Crippen molar-refractivity contribution in [2.75, 3.05) is 0 Å². The fourth-order valence-corrected chi connectivity index (χ4v) is 2.42. The van der Waals surface area contributed by atoms with Crippen molar-refractivity contribution >= 4 is 17.3 Å². The highest BCUT2D eigenvalue weighted by molar-refractivity contribution is 7.11. The number of thiazole rings is 1. The highest BCUT2D eigenvalue weighted by atomic mass is 32.1. The number of halogens is 1. The first-order valence-electron chi connectivity index (χ1n) is 5.70. The molecule has 2 aromatic rings. The van der Waals surface area contributed by atoms with Gasteiger partial charge < -0.3 is 10.4 Å². The molecule has 0 saturated heterocycles. The van der Waals surface area contributed by atoms with E-state index in [1.165, 1.54) is 12.1 Å². The quantitative estimate of drug-likeness (QED) is 0.883. The van der Waals surface area contributed by atoms with E-state index in [0.717, 1.165) is 9.88 Å². The number of aromatic nitrogens is 1. The summed E-state index contributed by atoms with van der Waals surface area (Å²) in [5, 5.41) is 12.9. The number of hydrogen-bond donors (Lipinski definition) is 2. The summed E-state index contributed by atoms with van der Waals surface area (Å²) in [6.07, 6.45) is 1.81. The van der Waals surface area contributed by atoms with Crippen LogP contribution >= 0.6 is 11.3 Å². The average Bonchev–Trinajstić information content (AvgIpc) is 2.75. The molecule has 0 amide bonds. The van der Waals surface area contributed by atoms with Gasteiger partial charge in [0.25, 0.3) is 0 Å². The van der Waals surface area contributed by atoms with Gasteiger partial charge in [-0.15, -0.1) is 11.3 Å². The van der Waals surface area contributed by atoms with Crippen LogP contribution in [-0.4, -0.2) is 16.1 Å². The molecule has 2 N–H and O–H groups in total. The molecule has 19 heavy (non-hydrogen) atoms. The molecule has 0 aliphatic heterocycles. The van der Waals surface area contributed by atoms with Gasteiger partial charge in [0, 0.05) is 24.2 Å². The maximum absolute atomic E-state index is 13.4. The highest BCUT2D eigenvalue weighted by Crippen LogP contribution is 2.13. The number of aromatic carboxylic acids is 1. The minimum Gasteiger partial charge on any atom is -0.478 e. The second-order valence-electron chi connectivity index (χ2n) is 4.07. The zero-order valence-electron chi connectivity index (χ0n) is 10.3. The van der Waals surface area contributed by atoms with Crippen LogP contribution in [0, 0.1) is 12.7 Å². The third-order valence-electron chi connectivity index (χ3n) is 2.56. The molecule has 100 valence electrons. The van der Waals surface area contributed by atoms with Crippen LogP contribution in [0.1, 0.15) is 25.8 Å². The molecule has 0 aliphatic carbocycles. The molecule has 0 unspecified atom stereocenters. The molecule has 2 rings (SSSR count). The van der Waals surface area contributed by atoms with Gasteiger partial charge in [-0.1, -0.05) is 6.07 Å². The highest BCUT2D eigenvalue weighted by Gasteiger charge is 2.10. The molecule has 4 nitrogen and oxygen atoms in total. The van der Waals surface area contributed by atoms with Crippen molar-refractivity contribution in [3.05, 3.63) is 51.2 Å². The third-order valence-corrected chi connectivity index (χ3v) is 3.47. The monoisotopic (exact) mass is 280 g/mol. The molecule has 0 fully saturated rings. The average molecular weight is 280 g/mol. The van der Waals surface area contributed by atoms with Crippen molar-refractivity contribution in [1.29, 1.82) is 0 Å². The van der Waals surface area contributed by atoms with E-state index in [2.05, 4.69) is 10.3 Å². The molecule has 1 aromatic heterocycles. The molecular formula is C13H13FN2O2S. The zero-order valence-corrected chi connectivity index (χ0v) is 11.1. The Hall–Kier alpha value is -1.79. The van der Waals surface area contributed by atoms with E-state index in [0.29, 0.717) is 18.7 Å². The van der Waals surface area contributed by atoms with Crippen molar-refractivity contribution in [2.45, 2.75) is 20.0 Å². The molecule has 1 heterocycles. The summed E-state index contributed by atoms with van der Waals surface area (Å²) in [6.45, 7) is 3.08. The number of benzene rings is 1. The topological polar surface area (TPSA) is 62.2 Å². The Bertz CT molecular complexity index is 598. The summed E-state index contributed by atoms with van der Waals surface area (Å²) in [6, 6.07) is 4.14. The molecule has 0 atom stereocenters. The minimum atomic E-state index is -1.25. The van der Waals surface area contributed by atoms with Crippen LogP contribution in [0.4, 0.5) is 4.39 Å². The van der Waals surface area contributed by atoms with Crippen LogP contribution in [0.25, 0.3) is 0 Å². The standard InChI is InChI=1S/C13H13FN2O2S/c1-8-16-7-10(19-8)6-15-5-9-2-3-11(13(17)18)12(14)4-9/h2-4,7,15H,5-6H2,1H3,(H,17,18). The summed E-state index contributed by atoms with van der Waals surface area (Å²) in [5.41, 5.74) is 0.408. The molecule has 6 heteroatoms. The maximum Gasteiger partial charge on any atom is 0.338 e. The van der Waals surface area contributed by atoms with Crippen LogP contribution in [0.5, 0.6) is 0 Å². The van der Waals surface area contributed by atoms with Gasteiger partial charge in [-0.05, 0) is 24.6 Å². The molecule has 0 spiro atoms. The number of carboxylic acid groups (broad SMARTS) is 1. The first kappa shape index (κ1) is 13.6. The molecule has 0 saturated carbocycles. The Balaban J connectivity index is 1.93. The van der Waals surface area contributed by atoms with Crippen molar-refractivity contribution in [2.24, 2.45) is 0 Å². The normalized spacial score (nSPS) is 10.6. The molecular weight excluding hydrogens is 267 g/mol. The largest absolute Gasteiger partial charge is 0.478 e. The van der Waals surface area contributed by atoms with E-state index in [9.17, 15) is 9.18 Å². The Morgan fingerprint density at radius 3 is 2.84 bits per heavy atom. The van der Waals surface area contributed by atoms with Crippen LogP contribution < -0.4 is 5.32 Å². The van der Waals surface area contributed by atoms with Crippen LogP contribution in [0.2, 0.25) is 0 Å². The van der Waals surface area contributed by atoms with Gasteiger partial charge in [0.05, 0.1) is 10.6 Å². The SMILES string of the molecule is Cc1ncc(CNCc2ccc(C(=O)O)c(F)c2)s1. The van der Waals surface area contributed by atoms with Crippen LogP contribution in [-0.2, 0) is 13.1 Å². The van der Waals surface area contributed by atoms with Crippen LogP contribution in [0.3, 0.4) is 0 Å². The molecule has 0 bridgehead atoms. The predicted molar refractivity (Wildman–Crippen MR) is 70.8 cm³/mol. The molecule has 1 aromatic carbocycles. The number of hydrogen-bond acceptors (Lipinski definition) is 4. The van der Waals surface area contributed by atoms with Gasteiger partial charge in [0.15, 0.2) is 0 Å². The summed E-state index contributed by atoms with van der Waals surface area (Å²) in [7, 11) is 0. The first-order valence-corrected chi connectivity index (χ1v) is 6.51. The fourth-order valence-electron chi connectivity index (χ4n) is 1.66. The van der Waals surface area contributed by atoms with E-state index >= 15 is 0 Å². The number of carboxylic acids is 1. The van der Waals surface area contributed by atoms with Gasteiger partial charge in [0.2, 0.25) is 0 Å². The summed E-state index contributed by atoms with van der Waals surface area (Å²) in [4.78, 5) is 15.9. The Morgan fingerprint density at radius 2 is 2.26 bits per heavy atom. The van der Waals surface area contributed by atoms with Crippen molar-refractivity contribution in [1.82, 2.24) is 10.3 Å². The van der Waals surface area contributed by atoms with Gasteiger partial charge in [-0.3, -0.25) is 0 Å². The smallest absolute Gasteiger partial charge is 0.338 e. The lowest BCUT2D eigenvalue weighted by Crippen LogP contribution is -2.12. The van der Waals surface area contributed by atoms with E-state index in [1.807, 2.05) is 6.92 Å². The van der Waals surface area contributed by atoms with Gasteiger partial charge in [0.1, 0.15) is 5.82 Å². The summed E-state index contributed by atoms with van der Waals surface area (Å²) >= 11 is 1.61. The zero-order chi connectivity index (χ0) is 13.8. The van der Waals surface area contributed by atoms with E-state index in [4.69, 9.17) is 5.11 Å². The van der Waals surface area contributed by atoms with E-state index in [-0.39, 0.29) is 5.56 Å². The Labute approximate surface area is 113 Å². The number of carbonyl (C=O) groups is 1. The number of rotatable bonds is 5. The van der Waals surface area contributed by atoms with E-state index in [1.54, 1.807) is 23.6 Å². The van der Waals surface area contributed by atoms with Crippen molar-refractivity contribution < 1.29 is 14.3 Å². The lowest BCUT2D eigenvalue weighted by Gasteiger charge is -2.05. The number of aryl methyl sites for hydroxylation is 1. The maximum atomic E-state index is 13.4. The number of nitrogens with one attached hydrogen (secondary N) is 1. The van der Waals surface area contributed by atoms with Crippen molar-refractivity contribution in [3.63, 3.8) is 0 Å². The second kappa shape index (κ2) is 5.90. The second-order valence-corrected chi connectivity index (χ2v) is 5.39. The minimum absolute atomic E-state index is 0.304. The Kier molecular flexibility index (Phi) is 4.24. The van der Waals surface area contributed by atoms with Gasteiger partial charge >= 0.3 is 5.97 Å². The van der Waals surface area contributed by atoms with Crippen molar-refractivity contribution in [3.8, 4) is 0 Å². The van der Waals surface area contributed by atoms with Gasteiger partial charge in [-0.25, -0.2) is 14.2 Å².